The number of nitrogens with zero attached hydrogens (tertiary/aromatic N) is 4. The van der Waals surface area contributed by atoms with Gasteiger partial charge in [-0.25, -0.2) is 14.1 Å². The quantitative estimate of drug-likeness (QED) is 0.130. The Bertz CT molecular complexity index is 2250. The van der Waals surface area contributed by atoms with E-state index in [9.17, 15) is 4.39 Å². The molecule has 8 rings (SSSR count). The van der Waals surface area contributed by atoms with Crippen LogP contribution in [0.4, 0.5) is 9.39 Å². The highest BCUT2D eigenvalue weighted by Crippen LogP contribution is 2.39. The highest BCUT2D eigenvalue weighted by molar-refractivity contribution is 7.19. The summed E-state index contributed by atoms with van der Waals surface area (Å²) in [6.07, 6.45) is 3.10. The first-order valence-corrected chi connectivity index (χ1v) is 17.0. The highest BCUT2D eigenvalue weighted by atomic mass is 32.1. The molecular formula is C41H32FN5OS. The lowest BCUT2D eigenvalue weighted by molar-refractivity contribution is 0.254. The zero-order valence-electron chi connectivity index (χ0n) is 26.8. The van der Waals surface area contributed by atoms with Gasteiger partial charge in [0, 0.05) is 40.4 Å². The molecule has 6 nitrogen and oxygen atoms in total. The van der Waals surface area contributed by atoms with Gasteiger partial charge < -0.3 is 10.1 Å². The number of hydrogen-bond acceptors (Lipinski definition) is 5. The van der Waals surface area contributed by atoms with Crippen LogP contribution < -0.4 is 10.1 Å². The fourth-order valence-electron chi connectivity index (χ4n) is 6.03. The summed E-state index contributed by atoms with van der Waals surface area (Å²) in [6.45, 7) is 2.48. The average molecular weight is 662 g/mol. The smallest absolute Gasteiger partial charge is 0.133 e. The molecule has 1 unspecified atom stereocenters. The minimum Gasteiger partial charge on any atom is -0.490 e. The first-order chi connectivity index (χ1) is 24.1. The van der Waals surface area contributed by atoms with Gasteiger partial charge in [0.25, 0.3) is 0 Å². The molecule has 3 heterocycles. The monoisotopic (exact) mass is 661 g/mol. The van der Waals surface area contributed by atoms with E-state index in [1.165, 1.54) is 29.0 Å². The number of anilines is 1. The van der Waals surface area contributed by atoms with E-state index in [1.807, 2.05) is 102 Å². The molecule has 1 aliphatic rings. The standard InChI is InChI=1S/C41H32FN5OS/c1-27-23-32-24-31(19-22-36(32)48-27)37-33(26-47(46-37)35-15-9-4-10-16-35)25-43-39(29-13-7-3-8-14-29)45-41-38(28-11-5-2-6-12-28)44-40(49-41)30-17-20-34(42)21-18-30/h2-22,24,26-27H,23,25H2,1H3,(H,43,45). The molecule has 2 aromatic heterocycles. The Labute approximate surface area is 288 Å². The lowest BCUT2D eigenvalue weighted by Crippen LogP contribution is -2.14. The number of hydrogen-bond donors (Lipinski definition) is 1. The van der Waals surface area contributed by atoms with E-state index in [4.69, 9.17) is 19.8 Å². The normalized spacial score (nSPS) is 14.0. The lowest BCUT2D eigenvalue weighted by Gasteiger charge is -2.11. The van der Waals surface area contributed by atoms with E-state index in [-0.39, 0.29) is 11.9 Å². The van der Waals surface area contributed by atoms with Gasteiger partial charge >= 0.3 is 0 Å². The van der Waals surface area contributed by atoms with Crippen LogP contribution in [0.15, 0.2) is 145 Å². The van der Waals surface area contributed by atoms with E-state index in [2.05, 4.69) is 30.6 Å². The number of benzene rings is 5. The van der Waals surface area contributed by atoms with Crippen LogP contribution in [0, 0.1) is 5.82 Å². The number of rotatable bonds is 8. The molecule has 0 saturated carbocycles. The van der Waals surface area contributed by atoms with Crippen molar-refractivity contribution in [1.82, 2.24) is 14.8 Å². The van der Waals surface area contributed by atoms with Crippen molar-refractivity contribution in [1.29, 1.82) is 0 Å². The molecule has 0 saturated heterocycles. The van der Waals surface area contributed by atoms with Crippen molar-refractivity contribution in [3.63, 3.8) is 0 Å². The first-order valence-electron chi connectivity index (χ1n) is 16.2. The van der Waals surface area contributed by atoms with Crippen LogP contribution in [-0.2, 0) is 13.0 Å². The van der Waals surface area contributed by atoms with Crippen LogP contribution >= 0.6 is 11.3 Å². The molecule has 240 valence electrons. The van der Waals surface area contributed by atoms with Crippen LogP contribution in [0.1, 0.15) is 23.6 Å². The molecule has 0 radical (unpaired) electrons. The van der Waals surface area contributed by atoms with Crippen LogP contribution in [0.2, 0.25) is 0 Å². The minimum atomic E-state index is -0.279. The molecule has 7 aromatic rings. The van der Waals surface area contributed by atoms with Crippen LogP contribution in [-0.4, -0.2) is 26.7 Å². The molecular weight excluding hydrogens is 630 g/mol. The molecule has 1 N–H and O–H groups in total. The number of ether oxygens (including phenoxy) is 1. The van der Waals surface area contributed by atoms with Crippen LogP contribution in [0.25, 0.3) is 38.8 Å². The first kappa shape index (κ1) is 30.5. The summed E-state index contributed by atoms with van der Waals surface area (Å²) in [6, 6.07) is 43.1. The van der Waals surface area contributed by atoms with Crippen molar-refractivity contribution in [3.05, 3.63) is 162 Å². The summed E-state index contributed by atoms with van der Waals surface area (Å²) >= 11 is 1.52. The number of halogens is 1. The largest absolute Gasteiger partial charge is 0.490 e. The van der Waals surface area contributed by atoms with Crippen molar-refractivity contribution in [2.45, 2.75) is 26.0 Å². The highest BCUT2D eigenvalue weighted by Gasteiger charge is 2.22. The molecule has 0 spiro atoms. The van der Waals surface area contributed by atoms with Gasteiger partial charge in [-0.2, -0.15) is 5.10 Å². The number of nitrogens with one attached hydrogen (secondary N) is 1. The SMILES string of the molecule is CC1Cc2cc(-c3nn(-c4ccccc4)cc3CN=C(Nc3sc(-c4ccc(F)cc4)nc3-c3ccccc3)c3ccccc3)ccc2O1. The second-order valence-electron chi connectivity index (χ2n) is 12.0. The number of para-hydroxylation sites is 1. The van der Waals surface area contributed by atoms with Gasteiger partial charge in [-0.1, -0.05) is 90.2 Å². The second kappa shape index (κ2) is 13.3. The summed E-state index contributed by atoms with van der Waals surface area (Å²) in [5.41, 5.74) is 8.64. The van der Waals surface area contributed by atoms with Gasteiger partial charge in [-0.3, -0.25) is 4.99 Å². The number of thiazole rings is 1. The summed E-state index contributed by atoms with van der Waals surface area (Å²) in [5.74, 6) is 1.37. The van der Waals surface area contributed by atoms with E-state index >= 15 is 0 Å². The summed E-state index contributed by atoms with van der Waals surface area (Å²) < 4.78 is 21.7. The maximum Gasteiger partial charge on any atom is 0.133 e. The van der Waals surface area contributed by atoms with Gasteiger partial charge in [0.1, 0.15) is 39.2 Å². The number of aromatic nitrogens is 3. The Hall–Kier alpha value is -5.86. The Kier molecular flexibility index (Phi) is 8.29. The van der Waals surface area contributed by atoms with Crippen molar-refractivity contribution in [3.8, 4) is 44.5 Å². The third kappa shape index (κ3) is 6.51. The van der Waals surface area contributed by atoms with Gasteiger partial charge in [-0.05, 0) is 67.1 Å². The lowest BCUT2D eigenvalue weighted by atomic mass is 10.0. The minimum absolute atomic E-state index is 0.159. The third-order valence-electron chi connectivity index (χ3n) is 8.43. The number of fused-ring (bicyclic) bond motifs is 1. The molecule has 1 atom stereocenters. The molecule has 0 aliphatic carbocycles. The zero-order chi connectivity index (χ0) is 33.2. The van der Waals surface area contributed by atoms with Crippen LogP contribution in [0.3, 0.4) is 0 Å². The Morgan fingerprint density at radius 3 is 2.29 bits per heavy atom. The summed E-state index contributed by atoms with van der Waals surface area (Å²) in [4.78, 5) is 10.2. The van der Waals surface area contributed by atoms with E-state index in [1.54, 1.807) is 12.1 Å². The topological polar surface area (TPSA) is 64.3 Å². The maximum absolute atomic E-state index is 13.8. The molecule has 5 aromatic carbocycles. The molecule has 0 bridgehead atoms. The average Bonchev–Trinajstić information content (AvgIpc) is 3.87. The van der Waals surface area contributed by atoms with Crippen molar-refractivity contribution >= 4 is 22.2 Å². The Morgan fingerprint density at radius 2 is 1.53 bits per heavy atom. The van der Waals surface area contributed by atoms with Crippen molar-refractivity contribution in [2.75, 3.05) is 5.32 Å². The zero-order valence-corrected chi connectivity index (χ0v) is 27.6. The summed E-state index contributed by atoms with van der Waals surface area (Å²) in [7, 11) is 0. The van der Waals surface area contributed by atoms with Gasteiger partial charge in [0.05, 0.1) is 17.9 Å². The van der Waals surface area contributed by atoms with Gasteiger partial charge in [0.15, 0.2) is 0 Å². The second-order valence-corrected chi connectivity index (χ2v) is 13.0. The molecule has 1 aliphatic heterocycles. The molecule has 49 heavy (non-hydrogen) atoms. The molecule has 0 fully saturated rings. The van der Waals surface area contributed by atoms with Crippen molar-refractivity contribution < 1.29 is 9.13 Å². The molecule has 8 heteroatoms. The predicted molar refractivity (Wildman–Crippen MR) is 196 cm³/mol. The fraction of sp³-hybridized carbons (Fsp3) is 0.0976. The molecule has 0 amide bonds. The summed E-state index contributed by atoms with van der Waals surface area (Å²) in [5, 5.41) is 10.4. The van der Waals surface area contributed by atoms with Crippen LogP contribution in [0.5, 0.6) is 5.75 Å². The number of aliphatic imine (C=N–C) groups is 1. The van der Waals surface area contributed by atoms with Crippen molar-refractivity contribution in [2.24, 2.45) is 4.99 Å². The third-order valence-corrected chi connectivity index (χ3v) is 9.45. The fourth-order valence-corrected chi connectivity index (χ4v) is 7.03. The van der Waals surface area contributed by atoms with E-state index in [0.717, 1.165) is 67.1 Å². The van der Waals surface area contributed by atoms with Gasteiger partial charge in [-0.15, -0.1) is 0 Å². The van der Waals surface area contributed by atoms with E-state index < -0.39 is 0 Å². The van der Waals surface area contributed by atoms with E-state index in [0.29, 0.717) is 12.4 Å². The maximum atomic E-state index is 13.8. The van der Waals surface area contributed by atoms with Gasteiger partial charge in [0.2, 0.25) is 0 Å². The Balaban J connectivity index is 1.20. The number of amidine groups is 1. The predicted octanol–water partition coefficient (Wildman–Crippen LogP) is 9.85. The Morgan fingerprint density at radius 1 is 0.837 bits per heavy atom.